The second-order valence-corrected chi connectivity index (χ2v) is 6.96. The minimum absolute atomic E-state index is 0.151. The fourth-order valence-corrected chi connectivity index (χ4v) is 3.98. The second kappa shape index (κ2) is 24.4. The Morgan fingerprint density at radius 3 is 2.32 bits per heavy atom. The normalized spacial score (nSPS) is 22.3. The van der Waals surface area contributed by atoms with E-state index in [1.165, 1.54) is 24.8 Å². The van der Waals surface area contributed by atoms with E-state index in [9.17, 15) is 9.90 Å². The zero-order chi connectivity index (χ0) is 24.7. The molecule has 0 amide bonds. The van der Waals surface area contributed by atoms with Gasteiger partial charge in [0.15, 0.2) is 0 Å². The molecule has 182 valence electrons. The molecule has 5 atom stereocenters. The third kappa shape index (κ3) is 14.7. The molecule has 0 fully saturated rings. The van der Waals surface area contributed by atoms with Crippen LogP contribution in [0.2, 0.25) is 0 Å². The Hall–Kier alpha value is -1.88. The van der Waals surface area contributed by atoms with Crippen molar-refractivity contribution in [3.05, 3.63) is 37.0 Å². The van der Waals surface area contributed by atoms with Gasteiger partial charge in [-0.1, -0.05) is 59.8 Å². The summed E-state index contributed by atoms with van der Waals surface area (Å²) in [5, 5.41) is 16.7. The van der Waals surface area contributed by atoms with Gasteiger partial charge in [0.1, 0.15) is 6.10 Å². The van der Waals surface area contributed by atoms with Crippen LogP contribution in [0.25, 0.3) is 0 Å². The average Bonchev–Trinajstić information content (AvgIpc) is 2.82. The molecule has 31 heavy (non-hydrogen) atoms. The van der Waals surface area contributed by atoms with Gasteiger partial charge < -0.3 is 14.9 Å². The summed E-state index contributed by atoms with van der Waals surface area (Å²) >= 11 is 0. The van der Waals surface area contributed by atoms with Crippen molar-refractivity contribution in [3.63, 3.8) is 0 Å². The lowest BCUT2D eigenvalue weighted by atomic mass is 9.68. The van der Waals surface area contributed by atoms with Gasteiger partial charge in [-0.25, -0.2) is 0 Å². The van der Waals surface area contributed by atoms with Crippen molar-refractivity contribution in [2.24, 2.45) is 17.8 Å². The number of carbonyl (C=O) groups excluding carboxylic acids is 1. The van der Waals surface area contributed by atoms with Gasteiger partial charge in [-0.05, 0) is 61.9 Å². The molecule has 0 aromatic rings. The highest BCUT2D eigenvalue weighted by molar-refractivity contribution is 5.37. The summed E-state index contributed by atoms with van der Waals surface area (Å²) in [4.78, 5) is 19.1. The lowest BCUT2D eigenvalue weighted by Gasteiger charge is -2.37. The molecule has 0 bridgehead atoms. The number of ether oxygens (including phenoxy) is 1. The van der Waals surface area contributed by atoms with Crippen LogP contribution in [-0.4, -0.2) is 35.4 Å². The highest BCUT2D eigenvalue weighted by Gasteiger charge is 2.32. The standard InChI is InChI=1S/C19H30O3.2C2H6.C2H4.CH2O2/c1-3-16(21)12-17(22-13-20)10-11-18-14(2)8-9-15-6-4-5-7-19(15)18;3*1-2;2-1-3/h6,8-9,13-14,16-19,21H,3-5,7,10-12H2,1-2H3;2*1-2H3;1-2H2;1H,(H,2,3). The highest BCUT2D eigenvalue weighted by atomic mass is 16.5. The Kier molecular flexibility index (Phi) is 26.6. The van der Waals surface area contributed by atoms with Gasteiger partial charge in [-0.2, -0.15) is 0 Å². The van der Waals surface area contributed by atoms with Crippen molar-refractivity contribution in [2.45, 2.75) is 98.7 Å². The van der Waals surface area contributed by atoms with Gasteiger partial charge >= 0.3 is 0 Å². The molecule has 2 aliphatic rings. The van der Waals surface area contributed by atoms with Gasteiger partial charge in [0.05, 0.1) is 6.10 Å². The summed E-state index contributed by atoms with van der Waals surface area (Å²) in [7, 11) is 0. The molecule has 2 N–H and O–H groups in total. The summed E-state index contributed by atoms with van der Waals surface area (Å²) in [6, 6.07) is 0. The van der Waals surface area contributed by atoms with Crippen molar-refractivity contribution in [1.29, 1.82) is 0 Å². The Labute approximate surface area is 191 Å². The minimum atomic E-state index is -0.376. The number of hydrogen-bond acceptors (Lipinski definition) is 4. The van der Waals surface area contributed by atoms with E-state index in [1.807, 2.05) is 34.6 Å². The largest absolute Gasteiger partial charge is 0.483 e. The second-order valence-electron chi connectivity index (χ2n) is 6.96. The molecule has 0 saturated carbocycles. The Morgan fingerprint density at radius 1 is 1.23 bits per heavy atom. The van der Waals surface area contributed by atoms with Crippen LogP contribution in [0.3, 0.4) is 0 Å². The SMILES string of the molecule is C=C.CC.CC.CCC(O)CC(CCC1C(C)C=CC2=CCCCC21)OC=O.O=CO. The van der Waals surface area contributed by atoms with Crippen LogP contribution in [0.5, 0.6) is 0 Å². The Bertz CT molecular complexity index is 472. The van der Waals surface area contributed by atoms with E-state index in [2.05, 4.69) is 38.3 Å². The minimum Gasteiger partial charge on any atom is -0.483 e. The van der Waals surface area contributed by atoms with Gasteiger partial charge in [-0.15, -0.1) is 13.2 Å². The molecule has 5 heteroatoms. The number of fused-ring (bicyclic) bond motifs is 1. The van der Waals surface area contributed by atoms with Crippen LogP contribution in [0.1, 0.15) is 86.5 Å². The molecule has 0 radical (unpaired) electrons. The van der Waals surface area contributed by atoms with Crippen molar-refractivity contribution >= 4 is 12.9 Å². The molecule has 0 heterocycles. The van der Waals surface area contributed by atoms with Crippen LogP contribution >= 0.6 is 0 Å². The van der Waals surface area contributed by atoms with Crippen molar-refractivity contribution < 1.29 is 24.5 Å². The first-order chi connectivity index (χ1) is 15.1. The van der Waals surface area contributed by atoms with Gasteiger partial charge in [0.25, 0.3) is 12.9 Å². The van der Waals surface area contributed by atoms with E-state index in [-0.39, 0.29) is 18.7 Å². The summed E-state index contributed by atoms with van der Waals surface area (Å²) in [5.41, 5.74) is 1.51. The topological polar surface area (TPSA) is 83.8 Å². The van der Waals surface area contributed by atoms with E-state index in [4.69, 9.17) is 14.6 Å². The summed E-state index contributed by atoms with van der Waals surface area (Å²) in [5.74, 6) is 1.88. The van der Waals surface area contributed by atoms with Crippen molar-refractivity contribution in [1.82, 2.24) is 0 Å². The number of hydrogen-bond donors (Lipinski definition) is 2. The van der Waals surface area contributed by atoms with E-state index < -0.39 is 0 Å². The first-order valence-corrected chi connectivity index (χ1v) is 11.8. The van der Waals surface area contributed by atoms with Crippen molar-refractivity contribution in [3.8, 4) is 0 Å². The van der Waals surface area contributed by atoms with Gasteiger partial charge in [0.2, 0.25) is 0 Å². The van der Waals surface area contributed by atoms with E-state index in [0.717, 1.165) is 12.8 Å². The van der Waals surface area contributed by atoms with Crippen LogP contribution in [0.4, 0.5) is 0 Å². The average molecular weight is 441 g/mol. The Morgan fingerprint density at radius 2 is 1.81 bits per heavy atom. The van der Waals surface area contributed by atoms with Crippen LogP contribution in [0, 0.1) is 17.8 Å². The quantitative estimate of drug-likeness (QED) is 0.329. The first kappa shape index (κ1) is 33.8. The third-order valence-electron chi connectivity index (χ3n) is 5.39. The summed E-state index contributed by atoms with van der Waals surface area (Å²) in [6.45, 7) is 18.5. The van der Waals surface area contributed by atoms with Crippen LogP contribution < -0.4 is 0 Å². The van der Waals surface area contributed by atoms with E-state index in [0.29, 0.717) is 37.1 Å². The molecular weight excluding hydrogens is 392 g/mol. The maximum absolute atomic E-state index is 10.7. The molecule has 0 aromatic carbocycles. The Balaban J connectivity index is -0.000000765. The van der Waals surface area contributed by atoms with E-state index >= 15 is 0 Å². The zero-order valence-electron chi connectivity index (χ0n) is 20.8. The molecule has 5 nitrogen and oxygen atoms in total. The van der Waals surface area contributed by atoms with Crippen molar-refractivity contribution in [2.75, 3.05) is 0 Å². The maximum Gasteiger partial charge on any atom is 0.293 e. The van der Waals surface area contributed by atoms with Gasteiger partial charge in [0, 0.05) is 6.42 Å². The van der Waals surface area contributed by atoms with Crippen LogP contribution in [0.15, 0.2) is 37.0 Å². The number of aliphatic hydroxyl groups excluding tert-OH is 1. The predicted molar refractivity (Wildman–Crippen MR) is 131 cm³/mol. The monoisotopic (exact) mass is 440 g/mol. The molecular formula is C26H48O5. The maximum atomic E-state index is 10.7. The fraction of sp³-hybridized carbons (Fsp3) is 0.692. The summed E-state index contributed by atoms with van der Waals surface area (Å²) in [6.07, 6.45) is 13.4. The molecule has 2 aliphatic carbocycles. The lowest BCUT2D eigenvalue weighted by Crippen LogP contribution is -2.29. The molecule has 0 aliphatic heterocycles. The molecule has 5 unspecified atom stereocenters. The molecule has 0 saturated heterocycles. The number of aliphatic hydroxyl groups is 1. The molecule has 2 rings (SSSR count). The fourth-order valence-electron chi connectivity index (χ4n) is 3.98. The smallest absolute Gasteiger partial charge is 0.293 e. The molecule has 0 aromatic heterocycles. The first-order valence-electron chi connectivity index (χ1n) is 11.8. The number of allylic oxidation sites excluding steroid dienone is 4. The number of carboxylic acid groups (broad SMARTS) is 1. The predicted octanol–water partition coefficient (Wildman–Crippen LogP) is 6.57. The highest BCUT2D eigenvalue weighted by Crippen LogP contribution is 2.42. The summed E-state index contributed by atoms with van der Waals surface area (Å²) < 4.78 is 5.20. The van der Waals surface area contributed by atoms with Crippen LogP contribution in [-0.2, 0) is 14.3 Å². The lowest BCUT2D eigenvalue weighted by molar-refractivity contribution is -0.135. The molecule has 0 spiro atoms. The number of rotatable bonds is 8. The zero-order valence-corrected chi connectivity index (χ0v) is 20.8. The van der Waals surface area contributed by atoms with E-state index in [1.54, 1.807) is 0 Å². The number of carbonyl (C=O) groups is 2. The third-order valence-corrected chi connectivity index (χ3v) is 5.39. The van der Waals surface area contributed by atoms with Gasteiger partial charge in [-0.3, -0.25) is 9.59 Å².